The monoisotopic (exact) mass is 395 g/mol. The van der Waals surface area contributed by atoms with Crippen LogP contribution >= 0.6 is 0 Å². The lowest BCUT2D eigenvalue weighted by Gasteiger charge is -2.45. The first kappa shape index (κ1) is 19.1. The molecule has 0 spiro atoms. The highest BCUT2D eigenvalue weighted by Crippen LogP contribution is 2.45. The first-order valence-corrected chi connectivity index (χ1v) is 11.2. The fraction of sp³-hybridized carbons (Fsp3) is 0.625. The number of nitrogens with one attached hydrogen (secondary N) is 1. The summed E-state index contributed by atoms with van der Waals surface area (Å²) >= 11 is 0. The molecule has 1 aliphatic heterocycles. The predicted octanol–water partition coefficient (Wildman–Crippen LogP) is 3.21. The van der Waals surface area contributed by atoms with Crippen LogP contribution in [0.3, 0.4) is 0 Å². The van der Waals surface area contributed by atoms with Gasteiger partial charge in [0.05, 0.1) is 18.1 Å². The number of hydrogen-bond acceptors (Lipinski definition) is 3. The van der Waals surface area contributed by atoms with Gasteiger partial charge >= 0.3 is 0 Å². The number of piperidine rings is 1. The molecule has 5 heteroatoms. The number of carbonyl (C=O) groups is 1. The first-order chi connectivity index (χ1) is 13.9. The van der Waals surface area contributed by atoms with Gasteiger partial charge in [0.1, 0.15) is 0 Å². The van der Waals surface area contributed by atoms with Crippen LogP contribution in [0.15, 0.2) is 24.4 Å². The Morgan fingerprint density at radius 1 is 1.28 bits per heavy atom. The molecule has 1 saturated heterocycles. The van der Waals surface area contributed by atoms with Gasteiger partial charge in [-0.3, -0.25) is 4.79 Å². The normalized spacial score (nSPS) is 32.0. The van der Waals surface area contributed by atoms with Crippen molar-refractivity contribution in [2.75, 3.05) is 13.6 Å². The minimum atomic E-state index is -0.380. The summed E-state index contributed by atoms with van der Waals surface area (Å²) in [6, 6.07) is 7.53. The highest BCUT2D eigenvalue weighted by Gasteiger charge is 2.42. The third-order valence-electron chi connectivity index (χ3n) is 7.61. The van der Waals surface area contributed by atoms with Gasteiger partial charge in [-0.25, -0.2) is 0 Å². The van der Waals surface area contributed by atoms with Crippen LogP contribution in [0.5, 0.6) is 0 Å². The maximum Gasteiger partial charge on any atom is 0.224 e. The van der Waals surface area contributed by atoms with Crippen LogP contribution in [0.25, 0.3) is 10.9 Å². The number of carbonyl (C=O) groups excluding carboxylic acids is 1. The third kappa shape index (κ3) is 3.10. The number of nitrogens with zero attached hydrogens (tertiary/aromatic N) is 2. The quantitative estimate of drug-likeness (QED) is 0.839. The highest BCUT2D eigenvalue weighted by atomic mass is 16.3. The number of fused-ring (bicyclic) bond motifs is 2. The van der Waals surface area contributed by atoms with Gasteiger partial charge < -0.3 is 19.9 Å². The van der Waals surface area contributed by atoms with E-state index in [1.807, 2.05) is 0 Å². The molecular formula is C24H33N3O2. The number of hydrogen-bond donors (Lipinski definition) is 2. The topological polar surface area (TPSA) is 57.5 Å². The lowest BCUT2D eigenvalue weighted by molar-refractivity contribution is -0.128. The Bertz CT molecular complexity index is 934. The van der Waals surface area contributed by atoms with Crippen LogP contribution in [0, 0.1) is 5.92 Å². The second-order valence-corrected chi connectivity index (χ2v) is 9.76. The molecule has 2 unspecified atom stereocenters. The Labute approximate surface area is 173 Å². The lowest BCUT2D eigenvalue weighted by atomic mass is 9.72. The van der Waals surface area contributed by atoms with Crippen molar-refractivity contribution in [3.8, 4) is 0 Å². The van der Waals surface area contributed by atoms with E-state index in [1.54, 1.807) is 0 Å². The highest BCUT2D eigenvalue weighted by molar-refractivity contribution is 5.89. The Morgan fingerprint density at radius 2 is 2.10 bits per heavy atom. The number of likely N-dealkylation sites (tertiary alicyclic amines) is 1. The summed E-state index contributed by atoms with van der Waals surface area (Å²) in [5.41, 5.74) is 4.20. The molecule has 2 N–H and O–H groups in total. The van der Waals surface area contributed by atoms with Crippen molar-refractivity contribution in [3.05, 3.63) is 35.5 Å². The molecule has 156 valence electrons. The molecule has 5 rings (SSSR count). The summed E-state index contributed by atoms with van der Waals surface area (Å²) in [5, 5.41) is 14.7. The standard InChI is InChI=1S/C24H33N3O2/c1-14(2)27-13-15-11-21-18(17-6-4-8-20(27)23(15)17)10-16(12-26(21)3)24(29)25-19-7-5-9-22(19)28/h4,6,8,13-14,16,18-19,21-22,28H,5,7,9-12H2,1-3H3,(H,25,29)/t16-,18?,19+,21?,22-/m1/s1. The molecule has 0 bridgehead atoms. The molecule has 1 saturated carbocycles. The number of aromatic nitrogens is 1. The molecule has 0 radical (unpaired) electrons. The van der Waals surface area contributed by atoms with E-state index in [2.05, 4.69) is 60.1 Å². The van der Waals surface area contributed by atoms with E-state index in [9.17, 15) is 9.90 Å². The van der Waals surface area contributed by atoms with E-state index >= 15 is 0 Å². The van der Waals surface area contributed by atoms with Crippen LogP contribution < -0.4 is 5.32 Å². The number of rotatable bonds is 3. The van der Waals surface area contributed by atoms with E-state index in [1.165, 1.54) is 22.0 Å². The largest absolute Gasteiger partial charge is 0.391 e. The summed E-state index contributed by atoms with van der Waals surface area (Å²) < 4.78 is 2.40. The van der Waals surface area contributed by atoms with Crippen molar-refractivity contribution >= 4 is 16.8 Å². The number of benzene rings is 1. The molecule has 1 aromatic carbocycles. The zero-order chi connectivity index (χ0) is 20.3. The molecule has 1 amide bonds. The van der Waals surface area contributed by atoms with Gasteiger partial charge in [0.25, 0.3) is 0 Å². The second-order valence-electron chi connectivity index (χ2n) is 9.76. The van der Waals surface area contributed by atoms with E-state index in [0.717, 1.165) is 38.6 Å². The maximum atomic E-state index is 13.0. The van der Waals surface area contributed by atoms with Crippen LogP contribution in [0.2, 0.25) is 0 Å². The average Bonchev–Trinajstić information content (AvgIpc) is 3.27. The van der Waals surface area contributed by atoms with Crippen LogP contribution in [-0.4, -0.2) is 52.3 Å². The summed E-state index contributed by atoms with van der Waals surface area (Å²) in [6.07, 6.45) is 6.63. The van der Waals surface area contributed by atoms with Gasteiger partial charge in [0.2, 0.25) is 5.91 Å². The van der Waals surface area contributed by atoms with Crippen molar-refractivity contribution in [2.45, 2.75) is 76.1 Å². The minimum absolute atomic E-state index is 0.0157. The van der Waals surface area contributed by atoms with E-state index in [0.29, 0.717) is 18.0 Å². The molecule has 29 heavy (non-hydrogen) atoms. The van der Waals surface area contributed by atoms with Gasteiger partial charge in [0.15, 0.2) is 0 Å². The fourth-order valence-electron chi connectivity index (χ4n) is 6.10. The van der Waals surface area contributed by atoms with Crippen molar-refractivity contribution in [2.24, 2.45) is 5.92 Å². The van der Waals surface area contributed by atoms with Crippen molar-refractivity contribution in [1.29, 1.82) is 0 Å². The molecule has 5 nitrogen and oxygen atoms in total. The van der Waals surface area contributed by atoms with E-state index in [-0.39, 0.29) is 24.0 Å². The summed E-state index contributed by atoms with van der Waals surface area (Å²) in [5.74, 6) is 0.495. The maximum absolute atomic E-state index is 13.0. The lowest BCUT2D eigenvalue weighted by Crippen LogP contribution is -2.53. The fourth-order valence-corrected chi connectivity index (χ4v) is 6.10. The minimum Gasteiger partial charge on any atom is -0.391 e. The molecule has 2 heterocycles. The molecular weight excluding hydrogens is 362 g/mol. The SMILES string of the molecule is CC(C)n1cc2c3c(cccc31)C1C[C@@H](C(=O)N[C@H]3CCC[C@H]3O)CN(C)C1C2. The number of amides is 1. The summed E-state index contributed by atoms with van der Waals surface area (Å²) in [6.45, 7) is 5.28. The zero-order valence-corrected chi connectivity index (χ0v) is 17.8. The number of aliphatic hydroxyl groups excluding tert-OH is 1. The Kier molecular flexibility index (Phi) is 4.71. The zero-order valence-electron chi connectivity index (χ0n) is 17.8. The first-order valence-electron chi connectivity index (χ1n) is 11.2. The molecule has 2 aromatic rings. The summed E-state index contributed by atoms with van der Waals surface area (Å²) in [4.78, 5) is 15.4. The molecule has 3 aliphatic rings. The van der Waals surface area contributed by atoms with E-state index < -0.39 is 0 Å². The predicted molar refractivity (Wildman–Crippen MR) is 115 cm³/mol. The second kappa shape index (κ2) is 7.13. The molecule has 5 atom stereocenters. The molecule has 2 aliphatic carbocycles. The molecule has 2 fully saturated rings. The van der Waals surface area contributed by atoms with Crippen molar-refractivity contribution in [1.82, 2.24) is 14.8 Å². The van der Waals surface area contributed by atoms with Crippen LogP contribution in [0.4, 0.5) is 0 Å². The average molecular weight is 396 g/mol. The molecule has 1 aromatic heterocycles. The van der Waals surface area contributed by atoms with Gasteiger partial charge in [-0.1, -0.05) is 12.1 Å². The van der Waals surface area contributed by atoms with Gasteiger partial charge in [-0.2, -0.15) is 0 Å². The Morgan fingerprint density at radius 3 is 2.83 bits per heavy atom. The van der Waals surface area contributed by atoms with Crippen molar-refractivity contribution < 1.29 is 9.90 Å². The van der Waals surface area contributed by atoms with Crippen LogP contribution in [-0.2, 0) is 11.2 Å². The van der Waals surface area contributed by atoms with Gasteiger partial charge in [-0.15, -0.1) is 0 Å². The van der Waals surface area contributed by atoms with Gasteiger partial charge in [0, 0.05) is 41.6 Å². The number of likely N-dealkylation sites (N-methyl/N-ethyl adjacent to an activating group) is 1. The smallest absolute Gasteiger partial charge is 0.224 e. The van der Waals surface area contributed by atoms with Gasteiger partial charge in [-0.05, 0) is 70.2 Å². The Balaban J connectivity index is 1.45. The summed E-state index contributed by atoms with van der Waals surface area (Å²) in [7, 11) is 2.17. The van der Waals surface area contributed by atoms with Crippen molar-refractivity contribution in [3.63, 3.8) is 0 Å². The van der Waals surface area contributed by atoms with E-state index in [4.69, 9.17) is 0 Å². The Hall–Kier alpha value is -1.85. The van der Waals surface area contributed by atoms with Crippen LogP contribution in [0.1, 0.15) is 62.6 Å². The third-order valence-corrected chi connectivity index (χ3v) is 7.61. The number of aliphatic hydroxyl groups is 1.